The van der Waals surface area contributed by atoms with E-state index in [1.54, 1.807) is 11.5 Å². The van der Waals surface area contributed by atoms with E-state index in [9.17, 15) is 9.59 Å². The van der Waals surface area contributed by atoms with Gasteiger partial charge in [0.05, 0.1) is 11.1 Å². The predicted octanol–water partition coefficient (Wildman–Crippen LogP) is 1.86. The lowest BCUT2D eigenvalue weighted by molar-refractivity contribution is -0.128. The van der Waals surface area contributed by atoms with Gasteiger partial charge in [-0.1, -0.05) is 13.0 Å². The molecule has 0 unspecified atom stereocenters. The molecule has 1 aromatic heterocycles. The number of carbonyl (C=O) groups excluding carboxylic acids is 2. The summed E-state index contributed by atoms with van der Waals surface area (Å²) in [5.41, 5.74) is 3.27. The van der Waals surface area contributed by atoms with E-state index in [1.165, 1.54) is 6.20 Å². The smallest absolute Gasteiger partial charge is 0.276 e. The van der Waals surface area contributed by atoms with Crippen molar-refractivity contribution < 1.29 is 14.8 Å². The van der Waals surface area contributed by atoms with Gasteiger partial charge >= 0.3 is 0 Å². The summed E-state index contributed by atoms with van der Waals surface area (Å²) in [6.07, 6.45) is 3.52. The Bertz CT molecular complexity index is 782. The minimum atomic E-state index is -0.604. The molecule has 0 spiro atoms. The number of Topliss-reactive ketones (excluding diaryl/α,β-unsaturated/α-hetero) is 1. The highest BCUT2D eigenvalue weighted by Gasteiger charge is 2.33. The van der Waals surface area contributed by atoms with Gasteiger partial charge in [0.15, 0.2) is 0 Å². The topological polar surface area (TPSA) is 91.3 Å². The Kier molecular flexibility index (Phi) is 4.59. The second-order valence-corrected chi connectivity index (χ2v) is 6.60. The number of pyridine rings is 1. The molecule has 24 heavy (non-hydrogen) atoms. The molecule has 3 N–H and O–H groups in total. The number of amides is 1. The standard InChI is InChI=1S/C18H21N3O3/c1-18(4-6-19-7-5-18)16(22)9-12-2-3-15-13(8-12)10-14(11-20-15)17(23)21-24/h2-3,8,10-11,19,24H,4-7,9H2,1H3,(H,21,23). The molecule has 6 heteroatoms. The molecule has 1 aliphatic heterocycles. The molecule has 1 saturated heterocycles. The van der Waals surface area contributed by atoms with Crippen LogP contribution < -0.4 is 10.8 Å². The summed E-state index contributed by atoms with van der Waals surface area (Å²) in [4.78, 5) is 28.4. The summed E-state index contributed by atoms with van der Waals surface area (Å²) in [6, 6.07) is 7.31. The highest BCUT2D eigenvalue weighted by atomic mass is 16.5. The van der Waals surface area contributed by atoms with Crippen molar-refractivity contribution in [3.05, 3.63) is 41.6 Å². The molecule has 126 valence electrons. The van der Waals surface area contributed by atoms with Crippen LogP contribution >= 0.6 is 0 Å². The molecule has 6 nitrogen and oxygen atoms in total. The first-order valence-corrected chi connectivity index (χ1v) is 8.09. The van der Waals surface area contributed by atoms with Gasteiger partial charge in [-0.15, -0.1) is 0 Å². The first-order valence-electron chi connectivity index (χ1n) is 8.09. The molecule has 0 bridgehead atoms. The van der Waals surface area contributed by atoms with Crippen LogP contribution in [0.25, 0.3) is 10.9 Å². The van der Waals surface area contributed by atoms with Crippen LogP contribution in [0.3, 0.4) is 0 Å². The molecule has 2 heterocycles. The van der Waals surface area contributed by atoms with Crippen LogP contribution in [0.1, 0.15) is 35.7 Å². The maximum Gasteiger partial charge on any atom is 0.276 e. The van der Waals surface area contributed by atoms with Gasteiger partial charge < -0.3 is 5.32 Å². The molecular formula is C18H21N3O3. The van der Waals surface area contributed by atoms with E-state index in [4.69, 9.17) is 5.21 Å². The SMILES string of the molecule is CC1(C(=O)Cc2ccc3ncc(C(=O)NO)cc3c2)CCNCC1. The normalized spacial score (nSPS) is 16.8. The van der Waals surface area contributed by atoms with Crippen LogP contribution in [0.5, 0.6) is 0 Å². The second-order valence-electron chi connectivity index (χ2n) is 6.60. The quantitative estimate of drug-likeness (QED) is 0.589. The van der Waals surface area contributed by atoms with Gasteiger partial charge in [-0.05, 0) is 49.7 Å². The number of nitrogens with zero attached hydrogens (tertiary/aromatic N) is 1. The molecule has 0 aliphatic carbocycles. The van der Waals surface area contributed by atoms with Crippen molar-refractivity contribution in [2.24, 2.45) is 5.41 Å². The zero-order chi connectivity index (χ0) is 17.2. The Balaban J connectivity index is 1.84. The van der Waals surface area contributed by atoms with E-state index >= 15 is 0 Å². The zero-order valence-electron chi connectivity index (χ0n) is 13.6. The summed E-state index contributed by atoms with van der Waals surface area (Å²) < 4.78 is 0. The number of piperidine rings is 1. The number of ketones is 1. The van der Waals surface area contributed by atoms with Crippen molar-refractivity contribution in [2.45, 2.75) is 26.2 Å². The molecular weight excluding hydrogens is 306 g/mol. The van der Waals surface area contributed by atoms with E-state index in [0.29, 0.717) is 6.42 Å². The minimum Gasteiger partial charge on any atom is -0.317 e. The monoisotopic (exact) mass is 327 g/mol. The second kappa shape index (κ2) is 6.67. The van der Waals surface area contributed by atoms with E-state index in [-0.39, 0.29) is 16.8 Å². The van der Waals surface area contributed by atoms with Crippen LogP contribution in [0.15, 0.2) is 30.5 Å². The first-order chi connectivity index (χ1) is 11.5. The number of benzene rings is 1. The average molecular weight is 327 g/mol. The van der Waals surface area contributed by atoms with Crippen LogP contribution in [0, 0.1) is 5.41 Å². The lowest BCUT2D eigenvalue weighted by Crippen LogP contribution is -2.40. The lowest BCUT2D eigenvalue weighted by Gasteiger charge is -2.32. The Hall–Kier alpha value is -2.31. The number of nitrogens with one attached hydrogen (secondary N) is 2. The molecule has 0 saturated carbocycles. The van der Waals surface area contributed by atoms with E-state index < -0.39 is 5.91 Å². The van der Waals surface area contributed by atoms with E-state index in [2.05, 4.69) is 10.3 Å². The average Bonchev–Trinajstić information content (AvgIpc) is 2.61. The maximum atomic E-state index is 12.7. The van der Waals surface area contributed by atoms with E-state index in [0.717, 1.165) is 42.4 Å². The van der Waals surface area contributed by atoms with Crippen LogP contribution in [0.4, 0.5) is 0 Å². The van der Waals surface area contributed by atoms with Gasteiger partial charge in [-0.25, -0.2) is 5.48 Å². The van der Waals surface area contributed by atoms with Crippen LogP contribution in [-0.4, -0.2) is 35.0 Å². The Morgan fingerprint density at radius 1 is 1.29 bits per heavy atom. The predicted molar refractivity (Wildman–Crippen MR) is 89.9 cm³/mol. The number of hydrogen-bond acceptors (Lipinski definition) is 5. The summed E-state index contributed by atoms with van der Waals surface area (Å²) in [5, 5.41) is 12.8. The van der Waals surface area contributed by atoms with Gasteiger partial charge in [0, 0.05) is 23.4 Å². The van der Waals surface area contributed by atoms with Gasteiger partial charge in [0.1, 0.15) is 5.78 Å². The molecule has 0 atom stereocenters. The Morgan fingerprint density at radius 2 is 2.04 bits per heavy atom. The van der Waals surface area contributed by atoms with Crippen molar-refractivity contribution in [2.75, 3.05) is 13.1 Å². The van der Waals surface area contributed by atoms with Gasteiger partial charge in [-0.2, -0.15) is 0 Å². The van der Waals surface area contributed by atoms with E-state index in [1.807, 2.05) is 25.1 Å². The number of hydrogen-bond donors (Lipinski definition) is 3. The fourth-order valence-corrected chi connectivity index (χ4v) is 3.14. The van der Waals surface area contributed by atoms with Crippen molar-refractivity contribution in [1.82, 2.24) is 15.8 Å². The summed E-state index contributed by atoms with van der Waals surface area (Å²) in [5.74, 6) is -0.353. The van der Waals surface area contributed by atoms with Crippen LogP contribution in [0.2, 0.25) is 0 Å². The third kappa shape index (κ3) is 3.29. The van der Waals surface area contributed by atoms with Crippen molar-refractivity contribution in [3.8, 4) is 0 Å². The van der Waals surface area contributed by atoms with Crippen LogP contribution in [-0.2, 0) is 11.2 Å². The lowest BCUT2D eigenvalue weighted by atomic mass is 9.75. The minimum absolute atomic E-state index is 0.251. The molecule has 1 aromatic carbocycles. The summed E-state index contributed by atoms with van der Waals surface area (Å²) in [6.45, 7) is 3.80. The fraction of sp³-hybridized carbons (Fsp3) is 0.389. The number of carbonyl (C=O) groups is 2. The number of aromatic nitrogens is 1. The highest BCUT2D eigenvalue weighted by molar-refractivity contribution is 5.97. The van der Waals surface area contributed by atoms with Crippen molar-refractivity contribution in [3.63, 3.8) is 0 Å². The molecule has 2 aromatic rings. The van der Waals surface area contributed by atoms with Gasteiger partial charge in [0.25, 0.3) is 5.91 Å². The Morgan fingerprint density at radius 3 is 2.75 bits per heavy atom. The third-order valence-corrected chi connectivity index (χ3v) is 4.85. The number of fused-ring (bicyclic) bond motifs is 1. The number of hydroxylamine groups is 1. The summed E-state index contributed by atoms with van der Waals surface area (Å²) >= 11 is 0. The van der Waals surface area contributed by atoms with Gasteiger partial charge in [-0.3, -0.25) is 19.8 Å². The highest BCUT2D eigenvalue weighted by Crippen LogP contribution is 2.30. The van der Waals surface area contributed by atoms with Crippen molar-refractivity contribution in [1.29, 1.82) is 0 Å². The first kappa shape index (κ1) is 16.5. The fourth-order valence-electron chi connectivity index (χ4n) is 3.14. The van der Waals surface area contributed by atoms with Crippen molar-refractivity contribution >= 4 is 22.6 Å². The molecule has 1 fully saturated rings. The molecule has 3 rings (SSSR count). The zero-order valence-corrected chi connectivity index (χ0v) is 13.6. The summed E-state index contributed by atoms with van der Waals surface area (Å²) in [7, 11) is 0. The Labute approximate surface area is 140 Å². The molecule has 1 amide bonds. The maximum absolute atomic E-state index is 12.7. The molecule has 1 aliphatic rings. The number of rotatable bonds is 4. The largest absolute Gasteiger partial charge is 0.317 e. The van der Waals surface area contributed by atoms with Gasteiger partial charge in [0.2, 0.25) is 0 Å². The third-order valence-electron chi connectivity index (χ3n) is 4.85. The molecule has 0 radical (unpaired) electrons.